The SMILES string of the molecule is CCOc1cc(/C=C2\C(=O)NN(c3ccccc3)C2=O)ccc1OCCOc1cc(C)ccc1C. The molecule has 35 heavy (non-hydrogen) atoms. The second-order valence-electron chi connectivity index (χ2n) is 8.08. The second-order valence-corrected chi connectivity index (χ2v) is 8.08. The van der Waals surface area contributed by atoms with Gasteiger partial charge in [0.1, 0.15) is 24.5 Å². The van der Waals surface area contributed by atoms with Crippen LogP contribution in [-0.2, 0) is 9.59 Å². The van der Waals surface area contributed by atoms with Gasteiger partial charge in [-0.3, -0.25) is 15.0 Å². The predicted octanol–water partition coefficient (Wildman–Crippen LogP) is 4.62. The molecule has 0 spiro atoms. The lowest BCUT2D eigenvalue weighted by molar-refractivity contribution is -0.117. The van der Waals surface area contributed by atoms with Gasteiger partial charge in [0.25, 0.3) is 11.8 Å². The van der Waals surface area contributed by atoms with E-state index in [2.05, 4.69) is 5.43 Å². The first-order valence-electron chi connectivity index (χ1n) is 11.5. The number of amides is 2. The molecule has 0 unspecified atom stereocenters. The average Bonchev–Trinajstić information content (AvgIpc) is 3.14. The third-order valence-electron chi connectivity index (χ3n) is 5.43. The Morgan fingerprint density at radius 2 is 1.57 bits per heavy atom. The smallest absolute Gasteiger partial charge is 0.282 e. The van der Waals surface area contributed by atoms with Crippen LogP contribution in [0.5, 0.6) is 17.2 Å². The molecule has 1 N–H and O–H groups in total. The van der Waals surface area contributed by atoms with Gasteiger partial charge >= 0.3 is 0 Å². The van der Waals surface area contributed by atoms with Gasteiger partial charge in [-0.15, -0.1) is 0 Å². The first-order chi connectivity index (χ1) is 17.0. The maximum atomic E-state index is 12.8. The van der Waals surface area contributed by atoms with Gasteiger partial charge in [0.15, 0.2) is 11.5 Å². The van der Waals surface area contributed by atoms with Crippen molar-refractivity contribution in [3.05, 3.63) is 89.0 Å². The zero-order valence-corrected chi connectivity index (χ0v) is 20.0. The molecule has 0 aliphatic carbocycles. The Hall–Kier alpha value is -4.26. The van der Waals surface area contributed by atoms with Crippen molar-refractivity contribution in [2.45, 2.75) is 20.8 Å². The summed E-state index contributed by atoms with van der Waals surface area (Å²) in [5.41, 5.74) is 6.10. The number of para-hydroxylation sites is 1. The Kier molecular flexibility index (Phi) is 7.35. The zero-order chi connectivity index (χ0) is 24.8. The quantitative estimate of drug-likeness (QED) is 0.279. The summed E-state index contributed by atoms with van der Waals surface area (Å²) in [5, 5.41) is 1.24. The highest BCUT2D eigenvalue weighted by Gasteiger charge is 2.34. The molecule has 1 fully saturated rings. The van der Waals surface area contributed by atoms with Crippen LogP contribution < -0.4 is 24.6 Å². The Morgan fingerprint density at radius 3 is 2.31 bits per heavy atom. The van der Waals surface area contributed by atoms with E-state index < -0.39 is 11.8 Å². The second kappa shape index (κ2) is 10.8. The Balaban J connectivity index is 1.45. The average molecular weight is 473 g/mol. The lowest BCUT2D eigenvalue weighted by Crippen LogP contribution is -2.35. The van der Waals surface area contributed by atoms with E-state index in [-0.39, 0.29) is 5.57 Å². The van der Waals surface area contributed by atoms with Crippen molar-refractivity contribution in [1.29, 1.82) is 0 Å². The normalized spacial score (nSPS) is 14.3. The lowest BCUT2D eigenvalue weighted by atomic mass is 10.1. The summed E-state index contributed by atoms with van der Waals surface area (Å²) < 4.78 is 17.5. The van der Waals surface area contributed by atoms with Crippen molar-refractivity contribution in [3.8, 4) is 17.2 Å². The van der Waals surface area contributed by atoms with Gasteiger partial charge in [-0.1, -0.05) is 36.4 Å². The number of nitrogens with zero attached hydrogens (tertiary/aromatic N) is 1. The highest BCUT2D eigenvalue weighted by Crippen LogP contribution is 2.30. The minimum absolute atomic E-state index is 0.0481. The van der Waals surface area contributed by atoms with Gasteiger partial charge in [0.2, 0.25) is 0 Å². The molecule has 0 radical (unpaired) electrons. The minimum Gasteiger partial charge on any atom is -0.490 e. The third-order valence-corrected chi connectivity index (χ3v) is 5.43. The highest BCUT2D eigenvalue weighted by atomic mass is 16.5. The molecule has 0 atom stereocenters. The van der Waals surface area contributed by atoms with Gasteiger partial charge in [0.05, 0.1) is 12.3 Å². The highest BCUT2D eigenvalue weighted by molar-refractivity contribution is 6.31. The van der Waals surface area contributed by atoms with Crippen molar-refractivity contribution in [2.24, 2.45) is 0 Å². The molecular weight excluding hydrogens is 444 g/mol. The summed E-state index contributed by atoms with van der Waals surface area (Å²) in [5.74, 6) is 1.06. The maximum Gasteiger partial charge on any atom is 0.282 e. The molecule has 2 amide bonds. The Labute approximate surface area is 204 Å². The van der Waals surface area contributed by atoms with Crippen molar-refractivity contribution in [1.82, 2.24) is 5.43 Å². The molecule has 0 bridgehead atoms. The molecule has 3 aromatic carbocycles. The molecule has 3 aromatic rings. The zero-order valence-electron chi connectivity index (χ0n) is 20.0. The van der Waals surface area contributed by atoms with E-state index in [1.54, 1.807) is 48.5 Å². The standard InChI is InChI=1S/C28H28N2O5/c1-4-33-26-18-21(17-23-27(31)29-30(28(23)32)22-8-6-5-7-9-22)12-13-24(26)34-14-15-35-25-16-19(2)10-11-20(25)3/h5-13,16-18H,4,14-15H2,1-3H3,(H,29,31)/b23-17+. The fourth-order valence-electron chi connectivity index (χ4n) is 3.65. The van der Waals surface area contributed by atoms with Crippen LogP contribution in [0.3, 0.4) is 0 Å². The van der Waals surface area contributed by atoms with Gasteiger partial charge in [-0.25, -0.2) is 5.01 Å². The summed E-state index contributed by atoms with van der Waals surface area (Å²) in [6.07, 6.45) is 1.55. The van der Waals surface area contributed by atoms with Gasteiger partial charge in [-0.05, 0) is 73.9 Å². The largest absolute Gasteiger partial charge is 0.490 e. The number of nitrogens with one attached hydrogen (secondary N) is 1. The number of benzene rings is 3. The number of carbonyl (C=O) groups is 2. The van der Waals surface area contributed by atoms with Crippen LogP contribution >= 0.6 is 0 Å². The topological polar surface area (TPSA) is 77.1 Å². The van der Waals surface area contributed by atoms with Crippen LogP contribution in [0, 0.1) is 13.8 Å². The fraction of sp³-hybridized carbons (Fsp3) is 0.214. The first kappa shape index (κ1) is 23.9. The van der Waals surface area contributed by atoms with Gasteiger partial charge in [-0.2, -0.15) is 0 Å². The molecule has 4 rings (SSSR count). The number of anilines is 1. The van der Waals surface area contributed by atoms with Crippen LogP contribution in [-0.4, -0.2) is 31.6 Å². The molecule has 0 saturated carbocycles. The van der Waals surface area contributed by atoms with E-state index in [0.717, 1.165) is 16.9 Å². The summed E-state index contributed by atoms with van der Waals surface area (Å²) >= 11 is 0. The lowest BCUT2D eigenvalue weighted by Gasteiger charge is -2.14. The predicted molar refractivity (Wildman–Crippen MR) is 135 cm³/mol. The molecule has 1 saturated heterocycles. The van der Waals surface area contributed by atoms with E-state index >= 15 is 0 Å². The Bertz CT molecular complexity index is 1250. The molecule has 1 aliphatic rings. The van der Waals surface area contributed by atoms with Crippen molar-refractivity contribution < 1.29 is 23.8 Å². The number of hydrogen-bond acceptors (Lipinski definition) is 5. The van der Waals surface area contributed by atoms with Crippen LogP contribution in [0.1, 0.15) is 23.6 Å². The molecule has 1 heterocycles. The van der Waals surface area contributed by atoms with Gasteiger partial charge in [0, 0.05) is 0 Å². The minimum atomic E-state index is -0.458. The summed E-state index contributed by atoms with van der Waals surface area (Å²) in [7, 11) is 0. The molecule has 0 aromatic heterocycles. The molecular formula is C28H28N2O5. The molecule has 7 nitrogen and oxygen atoms in total. The van der Waals surface area contributed by atoms with E-state index in [1.807, 2.05) is 45.0 Å². The van der Waals surface area contributed by atoms with E-state index in [0.29, 0.717) is 42.6 Å². The molecule has 1 aliphatic heterocycles. The van der Waals surface area contributed by atoms with E-state index in [9.17, 15) is 9.59 Å². The molecule has 7 heteroatoms. The summed E-state index contributed by atoms with van der Waals surface area (Å²) in [6, 6.07) is 20.3. The third kappa shape index (κ3) is 5.63. The van der Waals surface area contributed by atoms with E-state index in [1.165, 1.54) is 5.01 Å². The summed E-state index contributed by atoms with van der Waals surface area (Å²) in [4.78, 5) is 25.3. The molecule has 180 valence electrons. The number of hydrogen-bond donors (Lipinski definition) is 1. The first-order valence-corrected chi connectivity index (χ1v) is 11.5. The Morgan fingerprint density at radius 1 is 0.829 bits per heavy atom. The number of hydrazine groups is 1. The number of ether oxygens (including phenoxy) is 3. The summed E-state index contributed by atoms with van der Waals surface area (Å²) in [6.45, 7) is 7.06. The van der Waals surface area contributed by atoms with Crippen LogP contribution in [0.25, 0.3) is 6.08 Å². The van der Waals surface area contributed by atoms with Crippen LogP contribution in [0.15, 0.2) is 72.3 Å². The monoisotopic (exact) mass is 472 g/mol. The van der Waals surface area contributed by atoms with Crippen molar-refractivity contribution in [3.63, 3.8) is 0 Å². The van der Waals surface area contributed by atoms with Crippen LogP contribution in [0.4, 0.5) is 5.69 Å². The maximum absolute atomic E-state index is 12.8. The number of carbonyl (C=O) groups excluding carboxylic acids is 2. The van der Waals surface area contributed by atoms with E-state index in [4.69, 9.17) is 14.2 Å². The van der Waals surface area contributed by atoms with Crippen LogP contribution in [0.2, 0.25) is 0 Å². The number of rotatable bonds is 9. The number of aryl methyl sites for hydroxylation is 2. The van der Waals surface area contributed by atoms with Crippen molar-refractivity contribution >= 4 is 23.6 Å². The van der Waals surface area contributed by atoms with Gasteiger partial charge < -0.3 is 14.2 Å². The van der Waals surface area contributed by atoms with Crippen molar-refractivity contribution in [2.75, 3.05) is 24.8 Å². The fourth-order valence-corrected chi connectivity index (χ4v) is 3.65.